The van der Waals surface area contributed by atoms with E-state index in [1.165, 1.54) is 42.6 Å². The van der Waals surface area contributed by atoms with Crippen LogP contribution in [0.4, 0.5) is 30.7 Å². The number of hydrogen-bond acceptors (Lipinski definition) is 3. The predicted octanol–water partition coefficient (Wildman–Crippen LogP) is 6.42. The molecule has 4 rings (SSSR count). The normalized spacial score (nSPS) is 16.8. The van der Waals surface area contributed by atoms with Crippen molar-refractivity contribution in [3.8, 4) is 5.75 Å². The third kappa shape index (κ3) is 5.55. The minimum atomic E-state index is -5.01. The van der Waals surface area contributed by atoms with Gasteiger partial charge in [0, 0.05) is 25.7 Å². The van der Waals surface area contributed by atoms with Gasteiger partial charge < -0.3 is 9.64 Å². The Kier molecular flexibility index (Phi) is 6.44. The number of nitrogens with zero attached hydrogens (tertiary/aromatic N) is 2. The van der Waals surface area contributed by atoms with Gasteiger partial charge in [0.25, 0.3) is 5.91 Å². The van der Waals surface area contributed by atoms with Crippen LogP contribution in [-0.4, -0.2) is 22.3 Å². The van der Waals surface area contributed by atoms with Gasteiger partial charge in [-0.3, -0.25) is 4.79 Å². The molecule has 1 aromatic heterocycles. The van der Waals surface area contributed by atoms with Crippen LogP contribution in [0.5, 0.6) is 5.75 Å². The second kappa shape index (κ2) is 9.20. The summed E-state index contributed by atoms with van der Waals surface area (Å²) < 4.78 is 98.9. The fourth-order valence-corrected chi connectivity index (χ4v) is 3.78. The van der Waals surface area contributed by atoms with Crippen molar-refractivity contribution in [1.82, 2.24) is 9.88 Å². The number of alkyl halides is 6. The SMILES string of the molecule is O=C1c2ncccc2OC(c2ccc(F)cc2)CCN1Cc1cc(C(F)(F)F)cc(C(F)(F)F)c1. The Bertz CT molecular complexity index is 1190. The molecule has 0 N–H and O–H groups in total. The summed E-state index contributed by atoms with van der Waals surface area (Å²) in [4.78, 5) is 18.3. The van der Waals surface area contributed by atoms with Crippen LogP contribution in [0.25, 0.3) is 0 Å². The number of halogens is 7. The van der Waals surface area contributed by atoms with Gasteiger partial charge in [0.15, 0.2) is 11.4 Å². The number of carbonyl (C=O) groups is 1. The second-order valence-corrected chi connectivity index (χ2v) is 7.94. The highest BCUT2D eigenvalue weighted by Crippen LogP contribution is 2.37. The molecule has 3 aromatic rings. The molecule has 1 unspecified atom stereocenters. The Labute approximate surface area is 195 Å². The number of aromatic nitrogens is 1. The largest absolute Gasteiger partial charge is 0.483 e. The first-order valence-electron chi connectivity index (χ1n) is 10.4. The number of amides is 1. The third-order valence-electron chi connectivity index (χ3n) is 5.45. The highest BCUT2D eigenvalue weighted by molar-refractivity contribution is 5.95. The van der Waals surface area contributed by atoms with Crippen LogP contribution in [0.1, 0.15) is 45.3 Å². The molecule has 0 bridgehead atoms. The first kappa shape index (κ1) is 24.5. The predicted molar refractivity (Wildman–Crippen MR) is 110 cm³/mol. The zero-order valence-electron chi connectivity index (χ0n) is 17.8. The first-order chi connectivity index (χ1) is 16.4. The van der Waals surface area contributed by atoms with Crippen molar-refractivity contribution in [3.63, 3.8) is 0 Å². The average molecular weight is 498 g/mol. The Hall–Kier alpha value is -3.63. The number of benzene rings is 2. The van der Waals surface area contributed by atoms with Crippen LogP contribution in [0.2, 0.25) is 0 Å². The van der Waals surface area contributed by atoms with E-state index in [4.69, 9.17) is 4.74 Å². The maximum atomic E-state index is 13.4. The van der Waals surface area contributed by atoms with Crippen LogP contribution >= 0.6 is 0 Å². The van der Waals surface area contributed by atoms with Gasteiger partial charge >= 0.3 is 12.4 Å². The monoisotopic (exact) mass is 498 g/mol. The molecule has 2 aromatic carbocycles. The summed E-state index contributed by atoms with van der Waals surface area (Å²) in [7, 11) is 0. The molecule has 1 atom stereocenters. The van der Waals surface area contributed by atoms with Gasteiger partial charge in [0.2, 0.25) is 0 Å². The molecule has 35 heavy (non-hydrogen) atoms. The molecule has 1 aliphatic heterocycles. The van der Waals surface area contributed by atoms with Crippen LogP contribution < -0.4 is 4.74 Å². The molecule has 11 heteroatoms. The summed E-state index contributed by atoms with van der Waals surface area (Å²) in [6, 6.07) is 9.65. The summed E-state index contributed by atoms with van der Waals surface area (Å²) in [5, 5.41) is 0. The van der Waals surface area contributed by atoms with E-state index < -0.39 is 47.9 Å². The van der Waals surface area contributed by atoms with E-state index in [-0.39, 0.29) is 36.0 Å². The van der Waals surface area contributed by atoms with E-state index >= 15 is 0 Å². The zero-order valence-corrected chi connectivity index (χ0v) is 17.8. The molecule has 0 fully saturated rings. The summed E-state index contributed by atoms with van der Waals surface area (Å²) >= 11 is 0. The van der Waals surface area contributed by atoms with Gasteiger partial charge in [-0.15, -0.1) is 0 Å². The van der Waals surface area contributed by atoms with Crippen LogP contribution in [0, 0.1) is 5.82 Å². The van der Waals surface area contributed by atoms with Crippen molar-refractivity contribution >= 4 is 5.91 Å². The number of pyridine rings is 1. The lowest BCUT2D eigenvalue weighted by Crippen LogP contribution is -2.35. The summed E-state index contributed by atoms with van der Waals surface area (Å²) in [6.45, 7) is -0.577. The number of fused-ring (bicyclic) bond motifs is 1. The molecule has 184 valence electrons. The van der Waals surface area contributed by atoms with E-state index in [9.17, 15) is 35.5 Å². The maximum Gasteiger partial charge on any atom is 0.416 e. The zero-order chi connectivity index (χ0) is 25.4. The van der Waals surface area contributed by atoms with Gasteiger partial charge in [-0.1, -0.05) is 12.1 Å². The number of carbonyl (C=O) groups excluding carboxylic acids is 1. The van der Waals surface area contributed by atoms with Gasteiger partial charge in [-0.2, -0.15) is 26.3 Å². The lowest BCUT2D eigenvalue weighted by atomic mass is 10.0. The molecular weight excluding hydrogens is 481 g/mol. The molecule has 2 heterocycles. The smallest absolute Gasteiger partial charge is 0.416 e. The van der Waals surface area contributed by atoms with Crippen molar-refractivity contribution in [3.05, 3.63) is 94.6 Å². The number of hydrogen-bond donors (Lipinski definition) is 0. The standard InChI is InChI=1S/C24H17F7N2O2/c25-18-5-3-15(4-6-18)19-7-9-33(22(34)21-20(35-19)2-1-8-32-21)13-14-10-16(23(26,27)28)12-17(11-14)24(29,30)31/h1-6,8,10-12,19H,7,9,13H2. The van der Waals surface area contributed by atoms with Crippen molar-refractivity contribution in [2.75, 3.05) is 6.54 Å². The molecule has 0 radical (unpaired) electrons. The minimum Gasteiger partial charge on any atom is -0.483 e. The van der Waals surface area contributed by atoms with Crippen LogP contribution in [0.15, 0.2) is 60.8 Å². The molecule has 0 spiro atoms. The van der Waals surface area contributed by atoms with E-state index in [1.54, 1.807) is 0 Å². The number of rotatable bonds is 3. The average Bonchev–Trinajstić information content (AvgIpc) is 2.79. The molecule has 4 nitrogen and oxygen atoms in total. The van der Waals surface area contributed by atoms with Gasteiger partial charge in [0.05, 0.1) is 11.1 Å². The molecule has 1 amide bonds. The summed E-state index contributed by atoms with van der Waals surface area (Å²) in [5.41, 5.74) is -2.82. The highest BCUT2D eigenvalue weighted by Gasteiger charge is 2.37. The van der Waals surface area contributed by atoms with E-state index in [2.05, 4.69) is 4.98 Å². The summed E-state index contributed by atoms with van der Waals surface area (Å²) in [6.07, 6.45) is -9.21. The second-order valence-electron chi connectivity index (χ2n) is 7.94. The Morgan fingerprint density at radius 1 is 0.943 bits per heavy atom. The fourth-order valence-electron chi connectivity index (χ4n) is 3.78. The highest BCUT2D eigenvalue weighted by atomic mass is 19.4. The number of ether oxygens (including phenoxy) is 1. The molecular formula is C24H17F7N2O2. The third-order valence-corrected chi connectivity index (χ3v) is 5.45. The quantitative estimate of drug-likeness (QED) is 0.391. The topological polar surface area (TPSA) is 42.4 Å². The lowest BCUT2D eigenvalue weighted by Gasteiger charge is -2.30. The molecule has 0 saturated heterocycles. The van der Waals surface area contributed by atoms with Crippen molar-refractivity contribution in [1.29, 1.82) is 0 Å². The van der Waals surface area contributed by atoms with Gasteiger partial charge in [0.1, 0.15) is 11.9 Å². The lowest BCUT2D eigenvalue weighted by molar-refractivity contribution is -0.143. The van der Waals surface area contributed by atoms with E-state index in [1.807, 2.05) is 0 Å². The van der Waals surface area contributed by atoms with Crippen LogP contribution in [-0.2, 0) is 18.9 Å². The van der Waals surface area contributed by atoms with E-state index in [0.717, 1.165) is 4.90 Å². The van der Waals surface area contributed by atoms with Gasteiger partial charge in [-0.05, 0) is 53.6 Å². The van der Waals surface area contributed by atoms with Gasteiger partial charge in [-0.25, -0.2) is 9.37 Å². The summed E-state index contributed by atoms with van der Waals surface area (Å²) in [5.74, 6) is -1.08. The first-order valence-corrected chi connectivity index (χ1v) is 10.4. The Morgan fingerprint density at radius 3 is 2.17 bits per heavy atom. The van der Waals surface area contributed by atoms with Crippen molar-refractivity contribution in [2.24, 2.45) is 0 Å². The minimum absolute atomic E-state index is 0.0358. The molecule has 0 saturated carbocycles. The maximum absolute atomic E-state index is 13.4. The van der Waals surface area contributed by atoms with Crippen molar-refractivity contribution in [2.45, 2.75) is 31.4 Å². The van der Waals surface area contributed by atoms with Crippen LogP contribution in [0.3, 0.4) is 0 Å². The molecule has 1 aliphatic rings. The Balaban J connectivity index is 1.71. The fraction of sp³-hybridized carbons (Fsp3) is 0.250. The van der Waals surface area contributed by atoms with Crippen molar-refractivity contribution < 1.29 is 40.3 Å². The molecule has 0 aliphatic carbocycles. The van der Waals surface area contributed by atoms with E-state index in [0.29, 0.717) is 17.7 Å². The Morgan fingerprint density at radius 2 is 1.57 bits per heavy atom.